The Morgan fingerprint density at radius 2 is 2.11 bits per heavy atom. The Morgan fingerprint density at radius 1 is 1.33 bits per heavy atom. The highest BCUT2D eigenvalue weighted by Gasteiger charge is 2.15. The number of benzene rings is 1. The van der Waals surface area contributed by atoms with E-state index in [-0.39, 0.29) is 6.04 Å². The Morgan fingerprint density at radius 3 is 2.78 bits per heavy atom. The molecule has 0 amide bonds. The number of ether oxygens (including phenoxy) is 1. The highest BCUT2D eigenvalue weighted by molar-refractivity contribution is 5.33. The maximum absolute atomic E-state index is 5.61. The lowest BCUT2D eigenvalue weighted by Gasteiger charge is -2.17. The van der Waals surface area contributed by atoms with E-state index in [0.717, 1.165) is 17.8 Å². The van der Waals surface area contributed by atoms with Gasteiger partial charge in [-0.1, -0.05) is 18.2 Å². The largest absolute Gasteiger partial charge is 0.385 e. The standard InChI is InChI=1S/C13H18N4O/c1-18-10-8-12(16-14)13-7-9-15-17(13)11-5-3-2-4-6-11/h2-7,9,12,16H,8,10,14H2,1H3. The summed E-state index contributed by atoms with van der Waals surface area (Å²) in [5.74, 6) is 5.61. The van der Waals surface area contributed by atoms with Gasteiger partial charge in [0.15, 0.2) is 0 Å². The first kappa shape index (κ1) is 12.8. The summed E-state index contributed by atoms with van der Waals surface area (Å²) < 4.78 is 6.98. The minimum atomic E-state index is 0.0210. The van der Waals surface area contributed by atoms with Gasteiger partial charge in [0.05, 0.1) is 17.4 Å². The van der Waals surface area contributed by atoms with E-state index in [9.17, 15) is 0 Å². The summed E-state index contributed by atoms with van der Waals surface area (Å²) in [7, 11) is 1.68. The summed E-state index contributed by atoms with van der Waals surface area (Å²) >= 11 is 0. The quantitative estimate of drug-likeness (QED) is 0.597. The van der Waals surface area contributed by atoms with Crippen LogP contribution < -0.4 is 11.3 Å². The second kappa shape index (κ2) is 6.30. The summed E-state index contributed by atoms with van der Waals surface area (Å²) in [5.41, 5.74) is 4.86. The lowest BCUT2D eigenvalue weighted by atomic mass is 10.1. The number of methoxy groups -OCH3 is 1. The SMILES string of the molecule is COCCC(NN)c1ccnn1-c1ccccc1. The number of hydrazine groups is 1. The molecule has 0 saturated carbocycles. The summed E-state index contributed by atoms with van der Waals surface area (Å²) in [5, 5.41) is 4.34. The molecule has 0 fully saturated rings. The minimum Gasteiger partial charge on any atom is -0.385 e. The molecule has 0 spiro atoms. The van der Waals surface area contributed by atoms with Crippen LogP contribution in [0.2, 0.25) is 0 Å². The molecule has 1 aromatic heterocycles. The Labute approximate surface area is 107 Å². The third-order valence-corrected chi connectivity index (χ3v) is 2.84. The number of hydrogen-bond acceptors (Lipinski definition) is 4. The molecule has 0 aliphatic carbocycles. The van der Waals surface area contributed by atoms with Crippen LogP contribution >= 0.6 is 0 Å². The second-order valence-electron chi connectivity index (χ2n) is 4.00. The zero-order valence-electron chi connectivity index (χ0n) is 10.4. The third kappa shape index (κ3) is 2.76. The van der Waals surface area contributed by atoms with Gasteiger partial charge in [0.2, 0.25) is 0 Å². The van der Waals surface area contributed by atoms with Gasteiger partial charge in [-0.25, -0.2) is 4.68 Å². The molecule has 2 rings (SSSR count). The van der Waals surface area contributed by atoms with E-state index in [0.29, 0.717) is 6.61 Å². The van der Waals surface area contributed by atoms with Crippen molar-refractivity contribution in [3.63, 3.8) is 0 Å². The fraction of sp³-hybridized carbons (Fsp3) is 0.308. The zero-order chi connectivity index (χ0) is 12.8. The van der Waals surface area contributed by atoms with Gasteiger partial charge in [-0.05, 0) is 24.6 Å². The average Bonchev–Trinajstić information content (AvgIpc) is 2.90. The van der Waals surface area contributed by atoms with Crippen LogP contribution in [0.3, 0.4) is 0 Å². The van der Waals surface area contributed by atoms with Crippen LogP contribution in [0.4, 0.5) is 0 Å². The normalized spacial score (nSPS) is 12.6. The first-order chi connectivity index (χ1) is 8.86. The summed E-state index contributed by atoms with van der Waals surface area (Å²) in [6, 6.07) is 12.0. The molecule has 5 nitrogen and oxygen atoms in total. The highest BCUT2D eigenvalue weighted by Crippen LogP contribution is 2.19. The summed E-state index contributed by atoms with van der Waals surface area (Å²) in [6.07, 6.45) is 2.57. The monoisotopic (exact) mass is 246 g/mol. The first-order valence-electron chi connectivity index (χ1n) is 5.91. The van der Waals surface area contributed by atoms with Gasteiger partial charge < -0.3 is 4.74 Å². The number of nitrogens with one attached hydrogen (secondary N) is 1. The number of para-hydroxylation sites is 1. The molecule has 18 heavy (non-hydrogen) atoms. The van der Waals surface area contributed by atoms with E-state index in [1.54, 1.807) is 13.3 Å². The lowest BCUT2D eigenvalue weighted by Crippen LogP contribution is -2.30. The van der Waals surface area contributed by atoms with Gasteiger partial charge in [0.1, 0.15) is 0 Å². The van der Waals surface area contributed by atoms with Crippen molar-refractivity contribution < 1.29 is 4.74 Å². The van der Waals surface area contributed by atoms with Crippen molar-refractivity contribution in [3.8, 4) is 5.69 Å². The molecule has 1 atom stereocenters. The Balaban J connectivity index is 2.26. The van der Waals surface area contributed by atoms with E-state index in [1.807, 2.05) is 41.1 Å². The van der Waals surface area contributed by atoms with E-state index in [1.165, 1.54) is 0 Å². The Kier molecular flexibility index (Phi) is 4.46. The predicted octanol–water partition coefficient (Wildman–Crippen LogP) is 1.41. The molecule has 0 bridgehead atoms. The number of nitrogens with zero attached hydrogens (tertiary/aromatic N) is 2. The molecule has 1 unspecified atom stereocenters. The van der Waals surface area contributed by atoms with Gasteiger partial charge >= 0.3 is 0 Å². The van der Waals surface area contributed by atoms with Crippen molar-refractivity contribution in [2.75, 3.05) is 13.7 Å². The van der Waals surface area contributed by atoms with Crippen molar-refractivity contribution in [1.82, 2.24) is 15.2 Å². The number of nitrogens with two attached hydrogens (primary N) is 1. The fourth-order valence-corrected chi connectivity index (χ4v) is 1.91. The number of rotatable bonds is 6. The second-order valence-corrected chi connectivity index (χ2v) is 4.00. The highest BCUT2D eigenvalue weighted by atomic mass is 16.5. The van der Waals surface area contributed by atoms with Crippen LogP contribution in [-0.4, -0.2) is 23.5 Å². The van der Waals surface area contributed by atoms with Crippen LogP contribution in [0.1, 0.15) is 18.2 Å². The molecule has 0 aliphatic heterocycles. The van der Waals surface area contributed by atoms with E-state index in [4.69, 9.17) is 10.6 Å². The topological polar surface area (TPSA) is 65.1 Å². The predicted molar refractivity (Wildman–Crippen MR) is 70.1 cm³/mol. The van der Waals surface area contributed by atoms with Crippen molar-refractivity contribution in [2.45, 2.75) is 12.5 Å². The van der Waals surface area contributed by atoms with Gasteiger partial charge in [-0.2, -0.15) is 5.10 Å². The van der Waals surface area contributed by atoms with Crippen LogP contribution in [0.5, 0.6) is 0 Å². The van der Waals surface area contributed by atoms with Gasteiger partial charge in [0.25, 0.3) is 0 Å². The molecule has 1 aromatic carbocycles. The molecule has 0 saturated heterocycles. The zero-order valence-corrected chi connectivity index (χ0v) is 10.4. The molecular formula is C13H18N4O. The molecular weight excluding hydrogens is 228 g/mol. The maximum atomic E-state index is 5.61. The van der Waals surface area contributed by atoms with Gasteiger partial charge in [-0.15, -0.1) is 0 Å². The van der Waals surface area contributed by atoms with Crippen molar-refractivity contribution in [1.29, 1.82) is 0 Å². The van der Waals surface area contributed by atoms with Gasteiger partial charge in [-0.3, -0.25) is 11.3 Å². The summed E-state index contributed by atoms with van der Waals surface area (Å²) in [6.45, 7) is 0.648. The van der Waals surface area contributed by atoms with E-state index < -0.39 is 0 Å². The maximum Gasteiger partial charge on any atom is 0.0655 e. The lowest BCUT2D eigenvalue weighted by molar-refractivity contribution is 0.182. The smallest absolute Gasteiger partial charge is 0.0655 e. The van der Waals surface area contributed by atoms with Crippen LogP contribution in [0, 0.1) is 0 Å². The van der Waals surface area contributed by atoms with Crippen LogP contribution in [0.15, 0.2) is 42.6 Å². The Hall–Kier alpha value is -1.69. The third-order valence-electron chi connectivity index (χ3n) is 2.84. The van der Waals surface area contributed by atoms with Crippen molar-refractivity contribution in [2.24, 2.45) is 5.84 Å². The first-order valence-corrected chi connectivity index (χ1v) is 5.91. The van der Waals surface area contributed by atoms with Crippen molar-refractivity contribution >= 4 is 0 Å². The molecule has 1 heterocycles. The van der Waals surface area contributed by atoms with Crippen LogP contribution in [-0.2, 0) is 4.74 Å². The summed E-state index contributed by atoms with van der Waals surface area (Å²) in [4.78, 5) is 0. The molecule has 3 N–H and O–H groups in total. The molecule has 0 radical (unpaired) electrons. The molecule has 0 aliphatic rings. The average molecular weight is 246 g/mol. The fourth-order valence-electron chi connectivity index (χ4n) is 1.91. The van der Waals surface area contributed by atoms with E-state index in [2.05, 4.69) is 10.5 Å². The molecule has 2 aromatic rings. The molecule has 5 heteroatoms. The molecule has 96 valence electrons. The Bertz CT molecular complexity index is 469. The minimum absolute atomic E-state index is 0.0210. The number of aromatic nitrogens is 2. The van der Waals surface area contributed by atoms with Crippen molar-refractivity contribution in [3.05, 3.63) is 48.3 Å². The van der Waals surface area contributed by atoms with E-state index >= 15 is 0 Å². The van der Waals surface area contributed by atoms with Crippen LogP contribution in [0.25, 0.3) is 5.69 Å². The number of hydrogen-bond donors (Lipinski definition) is 2. The van der Waals surface area contributed by atoms with Gasteiger partial charge in [0, 0.05) is 19.9 Å².